The summed E-state index contributed by atoms with van der Waals surface area (Å²) in [6, 6.07) is 9.87. The van der Waals surface area contributed by atoms with Crippen LogP contribution in [-0.2, 0) is 6.54 Å². The number of amides is 1. The van der Waals surface area contributed by atoms with Crippen LogP contribution < -0.4 is 5.69 Å². The lowest BCUT2D eigenvalue weighted by Crippen LogP contribution is -2.39. The topological polar surface area (TPSA) is 99.7 Å². The van der Waals surface area contributed by atoms with E-state index in [9.17, 15) is 9.59 Å². The van der Waals surface area contributed by atoms with E-state index in [1.54, 1.807) is 10.9 Å². The van der Waals surface area contributed by atoms with Crippen molar-refractivity contribution in [2.75, 3.05) is 13.1 Å². The molecule has 1 saturated heterocycles. The molecule has 0 atom stereocenters. The van der Waals surface area contributed by atoms with Crippen LogP contribution in [0.25, 0.3) is 0 Å². The molecule has 8 heteroatoms. The number of nitrogens with zero attached hydrogens (tertiary/aromatic N) is 4. The van der Waals surface area contributed by atoms with E-state index in [-0.39, 0.29) is 17.5 Å². The summed E-state index contributed by atoms with van der Waals surface area (Å²) in [7, 11) is 0. The van der Waals surface area contributed by atoms with Gasteiger partial charge in [-0.25, -0.2) is 14.9 Å². The van der Waals surface area contributed by atoms with Gasteiger partial charge >= 0.3 is 5.69 Å². The van der Waals surface area contributed by atoms with Gasteiger partial charge in [-0.1, -0.05) is 30.3 Å². The number of hydrogen-bond donors (Lipinski definition) is 2. The van der Waals surface area contributed by atoms with Gasteiger partial charge in [-0.3, -0.25) is 9.36 Å². The van der Waals surface area contributed by atoms with Crippen LogP contribution in [0.5, 0.6) is 0 Å². The van der Waals surface area contributed by atoms with Crippen LogP contribution in [0.4, 0.5) is 0 Å². The van der Waals surface area contributed by atoms with Gasteiger partial charge < -0.3 is 9.88 Å². The number of hydrogen-bond acceptors (Lipinski definition) is 4. The molecule has 1 aliphatic rings. The van der Waals surface area contributed by atoms with Gasteiger partial charge in [0.1, 0.15) is 11.5 Å². The first kappa shape index (κ1) is 17.3. The molecule has 140 valence electrons. The predicted octanol–water partition coefficient (Wildman–Crippen LogP) is 1.67. The number of H-pyrrole nitrogens is 2. The third-order valence-electron chi connectivity index (χ3n) is 5.15. The number of nitrogens with one attached hydrogen (secondary N) is 2. The Kier molecular flexibility index (Phi) is 4.62. The van der Waals surface area contributed by atoms with Crippen LogP contribution >= 0.6 is 0 Å². The molecular formula is C19H22N6O2. The first-order valence-electron chi connectivity index (χ1n) is 9.11. The lowest BCUT2D eigenvalue weighted by Gasteiger charge is -2.31. The molecule has 0 spiro atoms. The second-order valence-electron chi connectivity index (χ2n) is 6.90. The molecule has 0 radical (unpaired) electrons. The van der Waals surface area contributed by atoms with E-state index >= 15 is 0 Å². The Morgan fingerprint density at radius 1 is 1.22 bits per heavy atom. The van der Waals surface area contributed by atoms with Gasteiger partial charge in [0.2, 0.25) is 0 Å². The second-order valence-corrected chi connectivity index (χ2v) is 6.90. The molecule has 3 aromatic rings. The van der Waals surface area contributed by atoms with Gasteiger partial charge in [-0.05, 0) is 25.3 Å². The molecule has 1 amide bonds. The van der Waals surface area contributed by atoms with Crippen LogP contribution in [0.15, 0.2) is 41.5 Å². The molecule has 8 nitrogen and oxygen atoms in total. The maximum absolute atomic E-state index is 12.6. The number of piperidine rings is 1. The van der Waals surface area contributed by atoms with Crippen molar-refractivity contribution in [3.05, 3.63) is 69.9 Å². The van der Waals surface area contributed by atoms with Gasteiger partial charge in [0.05, 0.1) is 12.9 Å². The zero-order valence-corrected chi connectivity index (χ0v) is 15.2. The fraction of sp³-hybridized carbons (Fsp3) is 0.368. The number of carbonyl (C=O) groups is 1. The van der Waals surface area contributed by atoms with Crippen molar-refractivity contribution in [1.29, 1.82) is 0 Å². The highest BCUT2D eigenvalue weighted by Gasteiger charge is 2.29. The van der Waals surface area contributed by atoms with Crippen molar-refractivity contribution < 1.29 is 4.79 Å². The first-order chi connectivity index (χ1) is 13.1. The summed E-state index contributed by atoms with van der Waals surface area (Å²) in [6.07, 6.45) is 3.09. The monoisotopic (exact) mass is 366 g/mol. The lowest BCUT2D eigenvalue weighted by molar-refractivity contribution is 0.0704. The lowest BCUT2D eigenvalue weighted by atomic mass is 9.95. The summed E-state index contributed by atoms with van der Waals surface area (Å²) in [5.41, 5.74) is 2.13. The maximum atomic E-state index is 12.6. The number of rotatable bonds is 4. The molecule has 2 aromatic heterocycles. The Bertz CT molecular complexity index is 979. The normalized spacial score (nSPS) is 15.2. The molecule has 1 aliphatic heterocycles. The van der Waals surface area contributed by atoms with Crippen molar-refractivity contribution in [3.63, 3.8) is 0 Å². The summed E-state index contributed by atoms with van der Waals surface area (Å²) in [4.78, 5) is 33.7. The van der Waals surface area contributed by atoms with E-state index < -0.39 is 0 Å². The second kappa shape index (κ2) is 7.22. The van der Waals surface area contributed by atoms with E-state index in [1.807, 2.05) is 42.2 Å². The number of imidazole rings is 1. The smallest absolute Gasteiger partial charge is 0.343 e. The van der Waals surface area contributed by atoms with E-state index in [1.165, 1.54) is 0 Å². The minimum absolute atomic E-state index is 0.0455. The van der Waals surface area contributed by atoms with Gasteiger partial charge in [0, 0.05) is 24.7 Å². The Hall–Kier alpha value is -3.16. The molecule has 4 rings (SSSR count). The molecule has 0 saturated carbocycles. The third kappa shape index (κ3) is 3.42. The SMILES string of the molecule is Cc1[nH]cnc1C(=O)N1CCC(c2n[nH]c(=O)n2Cc2ccccc2)CC1. The standard InChI is InChI=1S/C19H22N6O2/c1-13-16(21-12-20-13)18(26)24-9-7-15(8-10-24)17-22-23-19(27)25(17)11-14-5-3-2-4-6-14/h2-6,12,15H,7-11H2,1H3,(H,20,21)(H,23,27). The predicted molar refractivity (Wildman–Crippen MR) is 99.6 cm³/mol. The summed E-state index contributed by atoms with van der Waals surface area (Å²) >= 11 is 0. The minimum atomic E-state index is -0.195. The fourth-order valence-corrected chi connectivity index (χ4v) is 3.63. The average molecular weight is 366 g/mol. The molecule has 1 fully saturated rings. The molecule has 0 bridgehead atoms. The van der Waals surface area contributed by atoms with Crippen molar-refractivity contribution in [3.8, 4) is 0 Å². The highest BCUT2D eigenvalue weighted by molar-refractivity contribution is 5.93. The third-order valence-corrected chi connectivity index (χ3v) is 5.15. The molecule has 27 heavy (non-hydrogen) atoms. The number of aromatic nitrogens is 5. The molecule has 0 unspecified atom stereocenters. The summed E-state index contributed by atoms with van der Waals surface area (Å²) in [6.45, 7) is 3.60. The van der Waals surface area contributed by atoms with Gasteiger partial charge in [0.25, 0.3) is 5.91 Å². The fourth-order valence-electron chi connectivity index (χ4n) is 3.63. The number of likely N-dealkylation sites (tertiary alicyclic amines) is 1. The zero-order chi connectivity index (χ0) is 18.8. The van der Waals surface area contributed by atoms with E-state index in [2.05, 4.69) is 20.2 Å². The Balaban J connectivity index is 1.47. The summed E-state index contributed by atoms with van der Waals surface area (Å²) < 4.78 is 1.70. The first-order valence-corrected chi connectivity index (χ1v) is 9.11. The van der Waals surface area contributed by atoms with Crippen LogP contribution in [0.3, 0.4) is 0 Å². The number of aromatic amines is 2. The van der Waals surface area contributed by atoms with Crippen LogP contribution in [0.2, 0.25) is 0 Å². The van der Waals surface area contributed by atoms with Crippen molar-refractivity contribution in [2.24, 2.45) is 0 Å². The van der Waals surface area contributed by atoms with Crippen LogP contribution in [0.1, 0.15) is 46.3 Å². The number of aryl methyl sites for hydroxylation is 1. The van der Waals surface area contributed by atoms with Crippen LogP contribution in [0, 0.1) is 6.92 Å². The van der Waals surface area contributed by atoms with Crippen molar-refractivity contribution in [1.82, 2.24) is 29.6 Å². The van der Waals surface area contributed by atoms with Gasteiger partial charge in [-0.15, -0.1) is 0 Å². The van der Waals surface area contributed by atoms with Crippen molar-refractivity contribution in [2.45, 2.75) is 32.2 Å². The van der Waals surface area contributed by atoms with Gasteiger partial charge in [0.15, 0.2) is 0 Å². The van der Waals surface area contributed by atoms with E-state index in [4.69, 9.17) is 0 Å². The van der Waals surface area contributed by atoms with Gasteiger partial charge in [-0.2, -0.15) is 5.10 Å². The number of carbonyl (C=O) groups excluding carboxylic acids is 1. The largest absolute Gasteiger partial charge is 0.348 e. The Morgan fingerprint density at radius 2 is 1.96 bits per heavy atom. The number of benzene rings is 1. The van der Waals surface area contributed by atoms with Crippen LogP contribution in [-0.4, -0.2) is 48.6 Å². The molecule has 1 aromatic carbocycles. The quantitative estimate of drug-likeness (QED) is 0.734. The molecule has 0 aliphatic carbocycles. The van der Waals surface area contributed by atoms with E-state index in [0.717, 1.165) is 29.9 Å². The molecule has 2 N–H and O–H groups in total. The highest BCUT2D eigenvalue weighted by Crippen LogP contribution is 2.27. The Morgan fingerprint density at radius 3 is 2.63 bits per heavy atom. The maximum Gasteiger partial charge on any atom is 0.343 e. The Labute approximate surface area is 156 Å². The highest BCUT2D eigenvalue weighted by atomic mass is 16.2. The summed E-state index contributed by atoms with van der Waals surface area (Å²) in [5, 5.41) is 6.86. The molecule has 3 heterocycles. The van der Waals surface area contributed by atoms with Crippen molar-refractivity contribution >= 4 is 5.91 Å². The molecular weight excluding hydrogens is 344 g/mol. The zero-order valence-electron chi connectivity index (χ0n) is 15.2. The van der Waals surface area contributed by atoms with E-state index in [0.29, 0.717) is 25.3 Å². The summed E-state index contributed by atoms with van der Waals surface area (Å²) in [5.74, 6) is 0.875. The minimum Gasteiger partial charge on any atom is -0.348 e. The average Bonchev–Trinajstić information content (AvgIpc) is 3.28.